The van der Waals surface area contributed by atoms with Crippen LogP contribution in [-0.2, 0) is 22.9 Å². The highest BCUT2D eigenvalue weighted by atomic mass is 32.1. The second kappa shape index (κ2) is 8.24. The Bertz CT molecular complexity index is 829. The molecule has 0 radical (unpaired) electrons. The predicted molar refractivity (Wildman–Crippen MR) is 113 cm³/mol. The van der Waals surface area contributed by atoms with E-state index in [0.717, 1.165) is 63.4 Å². The number of likely N-dealkylation sites (tertiary alicyclic amines) is 1. The smallest absolute Gasteiger partial charge is 0.378 e. The van der Waals surface area contributed by atoms with Crippen LogP contribution in [-0.4, -0.2) is 35.7 Å². The summed E-state index contributed by atoms with van der Waals surface area (Å²) in [5.74, 6) is 0. The number of pyridine rings is 1. The lowest BCUT2D eigenvalue weighted by atomic mass is 9.75. The molecular formula is C23H29F3N2OS. The number of thiophene rings is 1. The fraction of sp³-hybridized carbons (Fsp3) is 0.609. The Kier molecular flexibility index (Phi) is 5.99. The van der Waals surface area contributed by atoms with Gasteiger partial charge >= 0.3 is 6.18 Å². The van der Waals surface area contributed by atoms with Crippen molar-refractivity contribution in [3.63, 3.8) is 0 Å². The molecule has 30 heavy (non-hydrogen) atoms. The maximum absolute atomic E-state index is 12.9. The molecule has 2 saturated heterocycles. The second-order valence-electron chi connectivity index (χ2n) is 9.10. The van der Waals surface area contributed by atoms with Crippen molar-refractivity contribution in [1.82, 2.24) is 9.88 Å². The van der Waals surface area contributed by atoms with Gasteiger partial charge in [-0.25, -0.2) is 0 Å². The number of ether oxygens (including phenoxy) is 1. The van der Waals surface area contributed by atoms with Crippen LogP contribution in [0.15, 0.2) is 35.8 Å². The van der Waals surface area contributed by atoms with E-state index in [1.54, 1.807) is 17.4 Å². The predicted octanol–water partition coefficient (Wildman–Crippen LogP) is 5.90. The molecule has 0 bridgehead atoms. The van der Waals surface area contributed by atoms with Gasteiger partial charge in [-0.2, -0.15) is 13.2 Å². The minimum Gasteiger partial charge on any atom is -0.378 e. The summed E-state index contributed by atoms with van der Waals surface area (Å²) in [5.41, 5.74) is -0.317. The highest BCUT2D eigenvalue weighted by molar-refractivity contribution is 7.09. The molecule has 0 saturated carbocycles. The van der Waals surface area contributed by atoms with Crippen LogP contribution in [0.4, 0.5) is 13.2 Å². The maximum atomic E-state index is 12.9. The highest BCUT2D eigenvalue weighted by Gasteiger charge is 2.49. The topological polar surface area (TPSA) is 25.4 Å². The summed E-state index contributed by atoms with van der Waals surface area (Å²) in [6, 6.07) is 6.96. The van der Waals surface area contributed by atoms with Crippen LogP contribution in [0.5, 0.6) is 0 Å². The Morgan fingerprint density at radius 2 is 2.10 bits per heavy atom. The van der Waals surface area contributed by atoms with Gasteiger partial charge in [0.2, 0.25) is 0 Å². The van der Waals surface area contributed by atoms with Crippen LogP contribution >= 0.6 is 11.3 Å². The highest BCUT2D eigenvalue weighted by Crippen LogP contribution is 2.47. The lowest BCUT2D eigenvalue weighted by Gasteiger charge is -2.40. The Morgan fingerprint density at radius 3 is 2.70 bits per heavy atom. The van der Waals surface area contributed by atoms with Crippen LogP contribution in [0.25, 0.3) is 0 Å². The Morgan fingerprint density at radius 1 is 1.27 bits per heavy atom. The lowest BCUT2D eigenvalue weighted by molar-refractivity contribution is -0.141. The Balaban J connectivity index is 1.53. The molecule has 0 amide bonds. The number of halogens is 3. The van der Waals surface area contributed by atoms with E-state index in [4.69, 9.17) is 4.74 Å². The van der Waals surface area contributed by atoms with Gasteiger partial charge in [-0.15, -0.1) is 11.3 Å². The maximum Gasteiger partial charge on any atom is 0.433 e. The standard InChI is InChI=1S/C23H29F3N2OS/c1-21(2,17-7-8-19(27-15-17)23(24,25)26)28-12-11-22(16-28,20-6-3-13-29-20)10-9-18-5-4-14-30-18/h4-5,7-8,14-15,20H,3,6,9-13,16H2,1-2H3. The minimum absolute atomic E-state index is 0.0943. The van der Waals surface area contributed by atoms with Gasteiger partial charge in [0.25, 0.3) is 0 Å². The number of alkyl halides is 3. The molecule has 4 rings (SSSR count). The number of aromatic nitrogens is 1. The number of nitrogens with zero attached hydrogens (tertiary/aromatic N) is 2. The summed E-state index contributed by atoms with van der Waals surface area (Å²) < 4.78 is 44.9. The first-order valence-corrected chi connectivity index (χ1v) is 11.5. The van der Waals surface area contributed by atoms with Crippen LogP contribution in [0.2, 0.25) is 0 Å². The molecule has 2 fully saturated rings. The fourth-order valence-corrected chi connectivity index (χ4v) is 5.70. The molecule has 4 heterocycles. The number of hydrogen-bond donors (Lipinski definition) is 0. The molecule has 2 aliphatic heterocycles. The molecule has 2 unspecified atom stereocenters. The normalized spacial score (nSPS) is 25.8. The fourth-order valence-electron chi connectivity index (χ4n) is 4.99. The van der Waals surface area contributed by atoms with Crippen molar-refractivity contribution in [2.75, 3.05) is 19.7 Å². The van der Waals surface area contributed by atoms with Crippen molar-refractivity contribution in [2.24, 2.45) is 5.41 Å². The van der Waals surface area contributed by atoms with Gasteiger partial charge in [0.15, 0.2) is 0 Å². The van der Waals surface area contributed by atoms with Crippen molar-refractivity contribution in [3.8, 4) is 0 Å². The largest absolute Gasteiger partial charge is 0.433 e. The number of aryl methyl sites for hydroxylation is 1. The SMILES string of the molecule is CC(C)(c1ccc(C(F)(F)F)nc1)N1CCC(CCc2cccs2)(C2CCCO2)C1. The molecule has 0 spiro atoms. The van der Waals surface area contributed by atoms with Gasteiger partial charge in [-0.1, -0.05) is 12.1 Å². The molecule has 0 aromatic carbocycles. The Hall–Kier alpha value is -1.44. The molecule has 2 atom stereocenters. The molecule has 2 aromatic heterocycles. The lowest BCUT2D eigenvalue weighted by Crippen LogP contribution is -2.44. The van der Waals surface area contributed by atoms with Crippen molar-refractivity contribution in [2.45, 2.75) is 63.8 Å². The van der Waals surface area contributed by atoms with E-state index >= 15 is 0 Å². The van der Waals surface area contributed by atoms with Gasteiger partial charge in [0.05, 0.1) is 6.10 Å². The van der Waals surface area contributed by atoms with Crippen molar-refractivity contribution >= 4 is 11.3 Å². The Labute approximate surface area is 180 Å². The van der Waals surface area contributed by atoms with E-state index in [0.29, 0.717) is 0 Å². The zero-order valence-corrected chi connectivity index (χ0v) is 18.4. The first kappa shape index (κ1) is 21.8. The van der Waals surface area contributed by atoms with E-state index in [-0.39, 0.29) is 17.1 Å². The summed E-state index contributed by atoms with van der Waals surface area (Å²) in [6.45, 7) is 6.82. The van der Waals surface area contributed by atoms with Crippen molar-refractivity contribution in [3.05, 3.63) is 52.0 Å². The zero-order chi connectivity index (χ0) is 21.4. The van der Waals surface area contributed by atoms with E-state index in [9.17, 15) is 13.2 Å². The average Bonchev–Trinajstić information content (AvgIpc) is 3.48. The van der Waals surface area contributed by atoms with Crippen LogP contribution in [0, 0.1) is 5.41 Å². The van der Waals surface area contributed by atoms with Crippen LogP contribution in [0.3, 0.4) is 0 Å². The summed E-state index contributed by atoms with van der Waals surface area (Å²) in [7, 11) is 0. The van der Waals surface area contributed by atoms with E-state index in [1.807, 2.05) is 0 Å². The molecule has 0 N–H and O–H groups in total. The van der Waals surface area contributed by atoms with E-state index < -0.39 is 11.9 Å². The average molecular weight is 439 g/mol. The third kappa shape index (κ3) is 4.30. The molecule has 7 heteroatoms. The minimum atomic E-state index is -4.41. The van der Waals surface area contributed by atoms with Gasteiger partial charge in [0.1, 0.15) is 5.69 Å². The van der Waals surface area contributed by atoms with Gasteiger partial charge in [0, 0.05) is 35.2 Å². The third-order valence-corrected chi connectivity index (χ3v) is 7.93. The summed E-state index contributed by atoms with van der Waals surface area (Å²) in [5, 5.41) is 2.12. The van der Waals surface area contributed by atoms with Crippen molar-refractivity contribution in [1.29, 1.82) is 0 Å². The quantitative estimate of drug-likeness (QED) is 0.561. The first-order chi connectivity index (χ1) is 14.2. The molecule has 0 aliphatic carbocycles. The first-order valence-electron chi connectivity index (χ1n) is 10.6. The summed E-state index contributed by atoms with van der Waals surface area (Å²) in [6.07, 6.45) is 2.64. The second-order valence-corrected chi connectivity index (χ2v) is 10.1. The molecular weight excluding hydrogens is 409 g/mol. The molecule has 2 aromatic rings. The molecule has 2 aliphatic rings. The monoisotopic (exact) mass is 438 g/mol. The number of hydrogen-bond acceptors (Lipinski definition) is 4. The zero-order valence-electron chi connectivity index (χ0n) is 17.5. The van der Waals surface area contributed by atoms with Crippen molar-refractivity contribution < 1.29 is 17.9 Å². The molecule has 164 valence electrons. The van der Waals surface area contributed by atoms with Crippen LogP contribution in [0.1, 0.15) is 55.7 Å². The summed E-state index contributed by atoms with van der Waals surface area (Å²) in [4.78, 5) is 7.51. The van der Waals surface area contributed by atoms with E-state index in [2.05, 4.69) is 41.2 Å². The van der Waals surface area contributed by atoms with Gasteiger partial charge in [-0.3, -0.25) is 9.88 Å². The summed E-state index contributed by atoms with van der Waals surface area (Å²) >= 11 is 1.80. The third-order valence-electron chi connectivity index (χ3n) is 7.00. The van der Waals surface area contributed by atoms with Crippen LogP contribution < -0.4 is 0 Å². The van der Waals surface area contributed by atoms with Gasteiger partial charge < -0.3 is 4.74 Å². The number of rotatable bonds is 6. The van der Waals surface area contributed by atoms with Gasteiger partial charge in [-0.05, 0) is 75.6 Å². The molecule has 3 nitrogen and oxygen atoms in total. The van der Waals surface area contributed by atoms with E-state index in [1.165, 1.54) is 11.1 Å².